The molecule has 4 nitrogen and oxygen atoms in total. The standard InChI is InChI=1S/C11H17F2N3O/c1-8-2-3-9(6-15-8)10(16-14)4-5-17-7-11(12)13/h2-3,6,10-11,16H,4-5,7,14H2,1H3. The van der Waals surface area contributed by atoms with Crippen molar-refractivity contribution in [3.05, 3.63) is 29.6 Å². The predicted octanol–water partition coefficient (Wildman–Crippen LogP) is 1.57. The summed E-state index contributed by atoms with van der Waals surface area (Å²) in [7, 11) is 0. The van der Waals surface area contributed by atoms with Gasteiger partial charge in [0.05, 0.1) is 0 Å². The maximum absolute atomic E-state index is 11.8. The van der Waals surface area contributed by atoms with Crippen LogP contribution < -0.4 is 11.3 Å². The Morgan fingerprint density at radius 3 is 2.76 bits per heavy atom. The molecule has 0 aromatic carbocycles. The molecule has 0 aliphatic rings. The van der Waals surface area contributed by atoms with E-state index in [0.717, 1.165) is 11.3 Å². The topological polar surface area (TPSA) is 60.2 Å². The summed E-state index contributed by atoms with van der Waals surface area (Å²) in [5.74, 6) is 5.40. The predicted molar refractivity (Wildman–Crippen MR) is 60.5 cm³/mol. The zero-order valence-corrected chi connectivity index (χ0v) is 9.70. The Kier molecular flexibility index (Phi) is 5.96. The average Bonchev–Trinajstić information content (AvgIpc) is 2.30. The van der Waals surface area contributed by atoms with Gasteiger partial charge in [-0.25, -0.2) is 8.78 Å². The Balaban J connectivity index is 2.40. The van der Waals surface area contributed by atoms with Crippen molar-refractivity contribution in [2.75, 3.05) is 13.2 Å². The second-order valence-corrected chi connectivity index (χ2v) is 3.71. The van der Waals surface area contributed by atoms with Crippen molar-refractivity contribution in [1.29, 1.82) is 0 Å². The lowest BCUT2D eigenvalue weighted by Crippen LogP contribution is -2.29. The number of nitrogens with two attached hydrogens (primary N) is 1. The van der Waals surface area contributed by atoms with Gasteiger partial charge in [-0.1, -0.05) is 6.07 Å². The first-order chi connectivity index (χ1) is 8.13. The van der Waals surface area contributed by atoms with E-state index in [0.29, 0.717) is 6.42 Å². The van der Waals surface area contributed by atoms with E-state index in [-0.39, 0.29) is 12.6 Å². The van der Waals surface area contributed by atoms with Crippen molar-refractivity contribution < 1.29 is 13.5 Å². The van der Waals surface area contributed by atoms with Crippen LogP contribution in [0.15, 0.2) is 18.3 Å². The molecule has 1 unspecified atom stereocenters. The molecule has 1 aromatic rings. The van der Waals surface area contributed by atoms with Crippen LogP contribution in [0.2, 0.25) is 0 Å². The summed E-state index contributed by atoms with van der Waals surface area (Å²) in [4.78, 5) is 4.15. The molecule has 0 aliphatic carbocycles. The third-order valence-electron chi connectivity index (χ3n) is 2.33. The van der Waals surface area contributed by atoms with E-state index < -0.39 is 13.0 Å². The zero-order chi connectivity index (χ0) is 12.7. The summed E-state index contributed by atoms with van der Waals surface area (Å²) in [6, 6.07) is 3.64. The molecule has 1 aromatic heterocycles. The number of aromatic nitrogens is 1. The van der Waals surface area contributed by atoms with Gasteiger partial charge in [0.15, 0.2) is 0 Å². The number of hydrogen-bond donors (Lipinski definition) is 2. The van der Waals surface area contributed by atoms with Crippen molar-refractivity contribution in [3.8, 4) is 0 Å². The highest BCUT2D eigenvalue weighted by molar-refractivity contribution is 5.16. The van der Waals surface area contributed by atoms with Gasteiger partial charge >= 0.3 is 0 Å². The van der Waals surface area contributed by atoms with Gasteiger partial charge < -0.3 is 4.74 Å². The van der Waals surface area contributed by atoms with Gasteiger partial charge in [-0.2, -0.15) is 0 Å². The van der Waals surface area contributed by atoms with Crippen LogP contribution in [0.1, 0.15) is 23.7 Å². The second kappa shape index (κ2) is 7.26. The fourth-order valence-electron chi connectivity index (χ4n) is 1.41. The summed E-state index contributed by atoms with van der Waals surface area (Å²) >= 11 is 0. The van der Waals surface area contributed by atoms with Gasteiger partial charge in [-0.15, -0.1) is 0 Å². The maximum Gasteiger partial charge on any atom is 0.261 e. The highest BCUT2D eigenvalue weighted by Crippen LogP contribution is 2.15. The fourth-order valence-corrected chi connectivity index (χ4v) is 1.41. The zero-order valence-electron chi connectivity index (χ0n) is 9.70. The minimum atomic E-state index is -2.43. The Labute approximate surface area is 99.1 Å². The van der Waals surface area contributed by atoms with Crippen LogP contribution in [0.3, 0.4) is 0 Å². The quantitative estimate of drug-likeness (QED) is 0.435. The molecule has 0 aliphatic heterocycles. The first-order valence-electron chi connectivity index (χ1n) is 5.38. The van der Waals surface area contributed by atoms with Gasteiger partial charge in [0, 0.05) is 24.5 Å². The lowest BCUT2D eigenvalue weighted by Gasteiger charge is -2.16. The molecule has 17 heavy (non-hydrogen) atoms. The molecule has 1 rings (SSSR count). The summed E-state index contributed by atoms with van der Waals surface area (Å²) in [5.41, 5.74) is 4.45. The van der Waals surface area contributed by atoms with Crippen LogP contribution >= 0.6 is 0 Å². The molecule has 0 saturated heterocycles. The monoisotopic (exact) mass is 245 g/mol. The Bertz CT molecular complexity index is 319. The number of nitrogens with one attached hydrogen (secondary N) is 1. The number of rotatable bonds is 7. The molecule has 0 saturated carbocycles. The van der Waals surface area contributed by atoms with E-state index in [9.17, 15) is 8.78 Å². The molecule has 1 heterocycles. The molecule has 6 heteroatoms. The Morgan fingerprint density at radius 2 is 2.24 bits per heavy atom. The first-order valence-corrected chi connectivity index (χ1v) is 5.38. The van der Waals surface area contributed by atoms with Gasteiger partial charge in [0.25, 0.3) is 6.43 Å². The van der Waals surface area contributed by atoms with Crippen LogP contribution in [-0.2, 0) is 4.74 Å². The van der Waals surface area contributed by atoms with E-state index in [1.165, 1.54) is 0 Å². The van der Waals surface area contributed by atoms with E-state index in [4.69, 9.17) is 10.6 Å². The second-order valence-electron chi connectivity index (χ2n) is 3.71. The molecular formula is C11H17F2N3O. The number of nitrogens with zero attached hydrogens (tertiary/aromatic N) is 1. The van der Waals surface area contributed by atoms with Gasteiger partial charge in [0.1, 0.15) is 6.61 Å². The van der Waals surface area contributed by atoms with Gasteiger partial charge in [0.2, 0.25) is 0 Å². The fraction of sp³-hybridized carbons (Fsp3) is 0.545. The molecule has 0 fully saturated rings. The Hall–Kier alpha value is -1.11. The first kappa shape index (κ1) is 14.0. The highest BCUT2D eigenvalue weighted by Gasteiger charge is 2.10. The molecule has 0 bridgehead atoms. The van der Waals surface area contributed by atoms with E-state index in [1.54, 1.807) is 6.20 Å². The number of halogens is 2. The third kappa shape index (κ3) is 5.16. The molecule has 0 radical (unpaired) electrons. The van der Waals surface area contributed by atoms with Crippen molar-refractivity contribution in [1.82, 2.24) is 10.4 Å². The van der Waals surface area contributed by atoms with Crippen LogP contribution in [0, 0.1) is 6.92 Å². The molecule has 0 amide bonds. The minimum absolute atomic E-state index is 0.138. The average molecular weight is 245 g/mol. The van der Waals surface area contributed by atoms with Crippen molar-refractivity contribution in [3.63, 3.8) is 0 Å². The number of ether oxygens (including phenoxy) is 1. The number of hydrogen-bond acceptors (Lipinski definition) is 4. The van der Waals surface area contributed by atoms with Crippen LogP contribution in [0.4, 0.5) is 8.78 Å². The summed E-state index contributed by atoms with van der Waals surface area (Å²) < 4.78 is 28.5. The van der Waals surface area contributed by atoms with E-state index >= 15 is 0 Å². The van der Waals surface area contributed by atoms with Crippen molar-refractivity contribution >= 4 is 0 Å². The van der Waals surface area contributed by atoms with Crippen LogP contribution in [0.5, 0.6) is 0 Å². The smallest absolute Gasteiger partial charge is 0.261 e. The minimum Gasteiger partial charge on any atom is -0.375 e. The lowest BCUT2D eigenvalue weighted by molar-refractivity contribution is 0.0143. The van der Waals surface area contributed by atoms with E-state index in [1.807, 2.05) is 19.1 Å². The molecule has 1 atom stereocenters. The number of pyridine rings is 1. The Morgan fingerprint density at radius 1 is 1.47 bits per heavy atom. The molecular weight excluding hydrogens is 228 g/mol. The van der Waals surface area contributed by atoms with Gasteiger partial charge in [-0.3, -0.25) is 16.3 Å². The highest BCUT2D eigenvalue weighted by atomic mass is 19.3. The number of aryl methyl sites for hydroxylation is 1. The summed E-state index contributed by atoms with van der Waals surface area (Å²) in [6.07, 6.45) is -0.193. The van der Waals surface area contributed by atoms with Crippen LogP contribution in [-0.4, -0.2) is 24.6 Å². The van der Waals surface area contributed by atoms with Crippen molar-refractivity contribution in [2.24, 2.45) is 5.84 Å². The van der Waals surface area contributed by atoms with Crippen molar-refractivity contribution in [2.45, 2.75) is 25.8 Å². The maximum atomic E-state index is 11.8. The van der Waals surface area contributed by atoms with Crippen LogP contribution in [0.25, 0.3) is 0 Å². The van der Waals surface area contributed by atoms with Gasteiger partial charge in [-0.05, 0) is 25.0 Å². The summed E-state index contributed by atoms with van der Waals surface area (Å²) in [6.45, 7) is 1.58. The molecule has 3 N–H and O–H groups in total. The van der Waals surface area contributed by atoms with E-state index in [2.05, 4.69) is 10.4 Å². The molecule has 96 valence electrons. The lowest BCUT2D eigenvalue weighted by atomic mass is 10.1. The molecule has 0 spiro atoms. The SMILES string of the molecule is Cc1ccc(C(CCOCC(F)F)NN)cn1. The number of alkyl halides is 2. The number of hydrazine groups is 1. The largest absolute Gasteiger partial charge is 0.375 e. The summed E-state index contributed by atoms with van der Waals surface area (Å²) in [5, 5.41) is 0. The normalized spacial score (nSPS) is 13.0. The third-order valence-corrected chi connectivity index (χ3v) is 2.33.